The molecule has 0 aliphatic heterocycles. The highest BCUT2D eigenvalue weighted by Gasteiger charge is 2.23. The number of hydrogen-bond acceptors (Lipinski definition) is 6. The predicted octanol–water partition coefficient (Wildman–Crippen LogP) is 2.68. The zero-order valence-electron chi connectivity index (χ0n) is 15.4. The lowest BCUT2D eigenvalue weighted by atomic mass is 10.2. The summed E-state index contributed by atoms with van der Waals surface area (Å²) in [5.41, 5.74) is 7.45. The van der Waals surface area contributed by atoms with Crippen molar-refractivity contribution in [2.75, 3.05) is 4.90 Å². The quantitative estimate of drug-likeness (QED) is 0.707. The number of urea groups is 1. The van der Waals surface area contributed by atoms with Gasteiger partial charge >= 0.3 is 6.03 Å². The summed E-state index contributed by atoms with van der Waals surface area (Å²) in [5, 5.41) is 7.89. The van der Waals surface area contributed by atoms with Crippen LogP contribution >= 0.6 is 0 Å². The van der Waals surface area contributed by atoms with E-state index in [1.807, 2.05) is 6.92 Å². The molecular weight excluding hydrogens is 378 g/mol. The minimum absolute atomic E-state index is 0.0848. The standard InChI is InChI=1S/C19H19N5O3S/c1-13-8-10-16(11-9-13)28(26,27)12-17-14(2)22-23-19(21-17)24(18(20)25)15-6-4-3-5-7-15/h3-11H,12H2,1-2H3,(H2,20,25). The molecule has 0 fully saturated rings. The molecule has 0 saturated heterocycles. The Kier molecular flexibility index (Phi) is 5.36. The van der Waals surface area contributed by atoms with Crippen LogP contribution in [-0.4, -0.2) is 29.6 Å². The van der Waals surface area contributed by atoms with E-state index in [4.69, 9.17) is 5.73 Å². The number of para-hydroxylation sites is 1. The third-order valence-corrected chi connectivity index (χ3v) is 5.73. The number of carbonyl (C=O) groups is 1. The fourth-order valence-corrected chi connectivity index (χ4v) is 3.91. The number of aryl methyl sites for hydroxylation is 2. The van der Waals surface area contributed by atoms with E-state index in [9.17, 15) is 13.2 Å². The Labute approximate surface area is 163 Å². The van der Waals surface area contributed by atoms with Crippen LogP contribution in [0.25, 0.3) is 0 Å². The number of sulfone groups is 1. The Morgan fingerprint density at radius 3 is 2.25 bits per heavy atom. The molecule has 0 aliphatic rings. The van der Waals surface area contributed by atoms with Gasteiger partial charge in [-0.25, -0.2) is 23.1 Å². The Morgan fingerprint density at radius 2 is 1.64 bits per heavy atom. The van der Waals surface area contributed by atoms with E-state index in [0.29, 0.717) is 11.4 Å². The van der Waals surface area contributed by atoms with E-state index >= 15 is 0 Å². The fraction of sp³-hybridized carbons (Fsp3) is 0.158. The monoisotopic (exact) mass is 397 g/mol. The third-order valence-electron chi connectivity index (χ3n) is 4.08. The molecule has 3 aromatic rings. The topological polar surface area (TPSA) is 119 Å². The van der Waals surface area contributed by atoms with E-state index in [-0.39, 0.29) is 22.3 Å². The van der Waals surface area contributed by atoms with Crippen LogP contribution < -0.4 is 10.6 Å². The molecule has 2 aromatic carbocycles. The maximum Gasteiger partial charge on any atom is 0.326 e. The van der Waals surface area contributed by atoms with Crippen molar-refractivity contribution in [2.45, 2.75) is 24.5 Å². The van der Waals surface area contributed by atoms with Crippen LogP contribution in [0.1, 0.15) is 17.0 Å². The lowest BCUT2D eigenvalue weighted by Crippen LogP contribution is -2.33. The van der Waals surface area contributed by atoms with E-state index in [2.05, 4.69) is 15.2 Å². The smallest absolute Gasteiger partial charge is 0.326 e. The van der Waals surface area contributed by atoms with Gasteiger partial charge in [0.2, 0.25) is 0 Å². The van der Waals surface area contributed by atoms with Crippen molar-refractivity contribution in [2.24, 2.45) is 5.73 Å². The van der Waals surface area contributed by atoms with Crippen molar-refractivity contribution >= 4 is 27.5 Å². The van der Waals surface area contributed by atoms with E-state index in [1.165, 1.54) is 0 Å². The largest absolute Gasteiger partial charge is 0.351 e. The van der Waals surface area contributed by atoms with Gasteiger partial charge in [0.15, 0.2) is 9.84 Å². The van der Waals surface area contributed by atoms with Gasteiger partial charge in [-0.05, 0) is 38.1 Å². The zero-order chi connectivity index (χ0) is 20.3. The van der Waals surface area contributed by atoms with Gasteiger partial charge in [0, 0.05) is 0 Å². The molecule has 28 heavy (non-hydrogen) atoms. The van der Waals surface area contributed by atoms with E-state index in [0.717, 1.165) is 10.5 Å². The highest BCUT2D eigenvalue weighted by Crippen LogP contribution is 2.23. The molecule has 0 saturated carbocycles. The minimum Gasteiger partial charge on any atom is -0.351 e. The number of nitrogens with two attached hydrogens (primary N) is 1. The second-order valence-corrected chi connectivity index (χ2v) is 8.21. The molecule has 2 N–H and O–H groups in total. The summed E-state index contributed by atoms with van der Waals surface area (Å²) < 4.78 is 25.5. The predicted molar refractivity (Wildman–Crippen MR) is 105 cm³/mol. The van der Waals surface area contributed by atoms with Gasteiger partial charge in [-0.3, -0.25) is 0 Å². The van der Waals surface area contributed by atoms with Gasteiger partial charge in [-0.1, -0.05) is 35.9 Å². The van der Waals surface area contributed by atoms with Crippen molar-refractivity contribution in [3.63, 3.8) is 0 Å². The number of amides is 2. The molecule has 144 valence electrons. The SMILES string of the molecule is Cc1ccc(S(=O)(=O)Cc2nc(N(C(N)=O)c3ccccc3)nnc2C)cc1. The number of anilines is 2. The molecule has 9 heteroatoms. The highest BCUT2D eigenvalue weighted by atomic mass is 32.2. The lowest BCUT2D eigenvalue weighted by Gasteiger charge is -2.18. The summed E-state index contributed by atoms with van der Waals surface area (Å²) in [5.74, 6) is -0.454. The molecule has 0 unspecified atom stereocenters. The van der Waals surface area contributed by atoms with Crippen molar-refractivity contribution < 1.29 is 13.2 Å². The van der Waals surface area contributed by atoms with Crippen molar-refractivity contribution in [1.29, 1.82) is 0 Å². The van der Waals surface area contributed by atoms with Crippen molar-refractivity contribution in [1.82, 2.24) is 15.2 Å². The van der Waals surface area contributed by atoms with Crippen molar-refractivity contribution in [3.8, 4) is 0 Å². The average molecular weight is 397 g/mol. The van der Waals surface area contributed by atoms with Crippen LogP contribution in [0, 0.1) is 13.8 Å². The number of aromatic nitrogens is 3. The molecule has 0 spiro atoms. The normalized spacial score (nSPS) is 11.2. The zero-order valence-corrected chi connectivity index (χ0v) is 16.2. The van der Waals surface area contributed by atoms with E-state index in [1.54, 1.807) is 61.5 Å². The van der Waals surface area contributed by atoms with Gasteiger partial charge < -0.3 is 5.73 Å². The molecule has 0 radical (unpaired) electrons. The van der Waals surface area contributed by atoms with Crippen LogP contribution in [0.5, 0.6) is 0 Å². The Morgan fingerprint density at radius 1 is 1.00 bits per heavy atom. The lowest BCUT2D eigenvalue weighted by molar-refractivity contribution is 0.255. The first kappa shape index (κ1) is 19.4. The molecule has 0 bridgehead atoms. The second kappa shape index (κ2) is 7.73. The van der Waals surface area contributed by atoms with Crippen LogP contribution in [0.2, 0.25) is 0 Å². The van der Waals surface area contributed by atoms with Gasteiger partial charge in [0.25, 0.3) is 5.95 Å². The number of rotatable bonds is 5. The Balaban J connectivity index is 1.99. The molecule has 0 aliphatic carbocycles. The average Bonchev–Trinajstić information content (AvgIpc) is 2.65. The summed E-state index contributed by atoms with van der Waals surface area (Å²) in [4.78, 5) is 17.5. The molecule has 2 amide bonds. The second-order valence-electron chi connectivity index (χ2n) is 6.23. The van der Waals surface area contributed by atoms with Gasteiger partial charge in [-0.2, -0.15) is 5.10 Å². The summed E-state index contributed by atoms with van der Waals surface area (Å²) >= 11 is 0. The number of benzene rings is 2. The fourth-order valence-electron chi connectivity index (χ4n) is 2.56. The summed E-state index contributed by atoms with van der Waals surface area (Å²) in [6, 6.07) is 14.3. The molecule has 1 aromatic heterocycles. The maximum atomic E-state index is 12.8. The Hall–Kier alpha value is -3.33. The minimum atomic E-state index is -3.64. The van der Waals surface area contributed by atoms with Crippen LogP contribution in [0.4, 0.5) is 16.4 Å². The number of hydrogen-bond donors (Lipinski definition) is 1. The highest BCUT2D eigenvalue weighted by molar-refractivity contribution is 7.90. The first-order chi connectivity index (χ1) is 13.3. The van der Waals surface area contributed by atoms with E-state index < -0.39 is 15.9 Å². The molecule has 8 nitrogen and oxygen atoms in total. The molecular formula is C19H19N5O3S. The first-order valence-electron chi connectivity index (χ1n) is 8.42. The molecule has 1 heterocycles. The first-order valence-corrected chi connectivity index (χ1v) is 10.1. The van der Waals surface area contributed by atoms with Gasteiger partial charge in [-0.15, -0.1) is 5.10 Å². The van der Waals surface area contributed by atoms with Crippen LogP contribution in [-0.2, 0) is 15.6 Å². The van der Waals surface area contributed by atoms with Crippen molar-refractivity contribution in [3.05, 3.63) is 71.5 Å². The third kappa shape index (κ3) is 4.15. The van der Waals surface area contributed by atoms with Crippen LogP contribution in [0.3, 0.4) is 0 Å². The Bertz CT molecular complexity index is 1100. The summed E-state index contributed by atoms with van der Waals surface area (Å²) in [6.07, 6.45) is 0. The number of carbonyl (C=O) groups excluding carboxylic acids is 1. The molecule has 3 rings (SSSR count). The summed E-state index contributed by atoms with van der Waals surface area (Å²) in [6.45, 7) is 3.49. The van der Waals surface area contributed by atoms with Gasteiger partial charge in [0.05, 0.1) is 27.7 Å². The number of nitrogens with zero attached hydrogens (tertiary/aromatic N) is 4. The number of primary amides is 1. The maximum absolute atomic E-state index is 12.8. The van der Waals surface area contributed by atoms with Crippen LogP contribution in [0.15, 0.2) is 59.5 Å². The summed E-state index contributed by atoms with van der Waals surface area (Å²) in [7, 11) is -3.64. The molecule has 0 atom stereocenters. The van der Waals surface area contributed by atoms with Gasteiger partial charge in [0.1, 0.15) is 0 Å².